The maximum Gasteiger partial charge on any atom is 0.237 e. The Morgan fingerprint density at radius 2 is 2.00 bits per heavy atom. The van der Waals surface area contributed by atoms with Crippen LogP contribution in [-0.2, 0) is 11.3 Å². The van der Waals surface area contributed by atoms with Gasteiger partial charge in [0.25, 0.3) is 0 Å². The van der Waals surface area contributed by atoms with Gasteiger partial charge in [-0.1, -0.05) is 36.4 Å². The number of rotatable bonds is 6. The number of hydrogen-bond acceptors (Lipinski definition) is 4. The summed E-state index contributed by atoms with van der Waals surface area (Å²) in [7, 11) is 0. The third kappa shape index (κ3) is 5.06. The molecule has 1 unspecified atom stereocenters. The summed E-state index contributed by atoms with van der Waals surface area (Å²) in [5.41, 5.74) is 2.38. The van der Waals surface area contributed by atoms with Gasteiger partial charge < -0.3 is 10.2 Å². The second-order valence-corrected chi connectivity index (χ2v) is 7.22. The highest BCUT2D eigenvalue weighted by Gasteiger charge is 2.34. The standard InChI is InChI=1S/C21H26N4O.ClH/c26-21(25(19-8-9-19)15-17-5-2-1-3-6-17)16-24-12-11-23-14-20(24)18-7-4-10-22-13-18;/h1-7,10,13,19-20,23H,8-9,11-12,14-16H2;1H. The van der Waals surface area contributed by atoms with E-state index in [1.807, 2.05) is 30.5 Å². The molecular weight excluding hydrogens is 360 g/mol. The molecule has 2 aromatic rings. The summed E-state index contributed by atoms with van der Waals surface area (Å²) in [6.45, 7) is 3.86. The Hall–Kier alpha value is -1.95. The van der Waals surface area contributed by atoms with Gasteiger partial charge in [0, 0.05) is 50.7 Å². The lowest BCUT2D eigenvalue weighted by atomic mass is 10.1. The number of benzene rings is 1. The highest BCUT2D eigenvalue weighted by molar-refractivity contribution is 5.85. The molecule has 6 heteroatoms. The van der Waals surface area contributed by atoms with Crippen molar-refractivity contribution in [3.05, 3.63) is 66.0 Å². The number of pyridine rings is 1. The summed E-state index contributed by atoms with van der Waals surface area (Å²) in [6, 6.07) is 15.0. The van der Waals surface area contributed by atoms with E-state index in [1.165, 1.54) is 11.1 Å². The minimum Gasteiger partial charge on any atom is -0.334 e. The molecule has 2 fully saturated rings. The Labute approximate surface area is 167 Å². The van der Waals surface area contributed by atoms with E-state index in [2.05, 4.69) is 38.3 Å². The SMILES string of the molecule is Cl.O=C(CN1CCNCC1c1cccnc1)N(Cc1ccccc1)C1CC1. The van der Waals surface area contributed by atoms with E-state index in [0.29, 0.717) is 19.1 Å². The molecule has 1 aliphatic carbocycles. The van der Waals surface area contributed by atoms with Crippen molar-refractivity contribution in [1.82, 2.24) is 20.1 Å². The molecule has 1 aromatic carbocycles. The van der Waals surface area contributed by atoms with E-state index < -0.39 is 0 Å². The average molecular weight is 387 g/mol. The summed E-state index contributed by atoms with van der Waals surface area (Å²) in [5, 5.41) is 3.45. The largest absolute Gasteiger partial charge is 0.334 e. The molecule has 5 nitrogen and oxygen atoms in total. The van der Waals surface area contributed by atoms with Gasteiger partial charge in [0.15, 0.2) is 0 Å². The molecule has 1 aromatic heterocycles. The van der Waals surface area contributed by atoms with Crippen LogP contribution in [0.3, 0.4) is 0 Å². The second kappa shape index (κ2) is 9.31. The van der Waals surface area contributed by atoms with Gasteiger partial charge in [0.1, 0.15) is 0 Å². The van der Waals surface area contributed by atoms with Crippen molar-refractivity contribution < 1.29 is 4.79 Å². The molecule has 2 aliphatic rings. The van der Waals surface area contributed by atoms with Gasteiger partial charge in [-0.3, -0.25) is 14.7 Å². The summed E-state index contributed by atoms with van der Waals surface area (Å²) >= 11 is 0. The van der Waals surface area contributed by atoms with Crippen LogP contribution in [0.2, 0.25) is 0 Å². The number of amides is 1. The van der Waals surface area contributed by atoms with E-state index in [9.17, 15) is 4.79 Å². The molecule has 0 spiro atoms. The topological polar surface area (TPSA) is 48.5 Å². The van der Waals surface area contributed by atoms with Gasteiger partial charge in [-0.05, 0) is 30.0 Å². The molecule has 1 saturated carbocycles. The van der Waals surface area contributed by atoms with E-state index >= 15 is 0 Å². The molecule has 0 bridgehead atoms. The molecule has 1 atom stereocenters. The first-order chi connectivity index (χ1) is 12.8. The van der Waals surface area contributed by atoms with Crippen LogP contribution in [-0.4, -0.2) is 52.9 Å². The molecule has 0 radical (unpaired) electrons. The van der Waals surface area contributed by atoms with Crippen molar-refractivity contribution in [1.29, 1.82) is 0 Å². The van der Waals surface area contributed by atoms with E-state index in [4.69, 9.17) is 0 Å². The van der Waals surface area contributed by atoms with Crippen LogP contribution < -0.4 is 5.32 Å². The Bertz CT molecular complexity index is 723. The quantitative estimate of drug-likeness (QED) is 0.829. The first-order valence-electron chi connectivity index (χ1n) is 9.49. The van der Waals surface area contributed by atoms with Crippen molar-refractivity contribution in [3.63, 3.8) is 0 Å². The van der Waals surface area contributed by atoms with Crippen LogP contribution in [0.5, 0.6) is 0 Å². The number of hydrogen-bond donors (Lipinski definition) is 1. The number of halogens is 1. The van der Waals surface area contributed by atoms with Gasteiger partial charge >= 0.3 is 0 Å². The van der Waals surface area contributed by atoms with Crippen molar-refractivity contribution in [3.8, 4) is 0 Å². The summed E-state index contributed by atoms with van der Waals surface area (Å²) in [6.07, 6.45) is 5.97. The molecule has 1 aliphatic heterocycles. The summed E-state index contributed by atoms with van der Waals surface area (Å²) in [5.74, 6) is 0.243. The van der Waals surface area contributed by atoms with Crippen LogP contribution in [0, 0.1) is 0 Å². The summed E-state index contributed by atoms with van der Waals surface area (Å²) in [4.78, 5) is 21.8. The minimum absolute atomic E-state index is 0. The predicted molar refractivity (Wildman–Crippen MR) is 109 cm³/mol. The van der Waals surface area contributed by atoms with E-state index in [0.717, 1.165) is 32.5 Å². The lowest BCUT2D eigenvalue weighted by Gasteiger charge is -2.37. The fourth-order valence-corrected chi connectivity index (χ4v) is 3.69. The second-order valence-electron chi connectivity index (χ2n) is 7.22. The first-order valence-corrected chi connectivity index (χ1v) is 9.49. The molecule has 2 heterocycles. The number of carbonyl (C=O) groups is 1. The Morgan fingerprint density at radius 3 is 2.70 bits per heavy atom. The fraction of sp³-hybridized carbons (Fsp3) is 0.429. The molecule has 27 heavy (non-hydrogen) atoms. The van der Waals surface area contributed by atoms with E-state index in [1.54, 1.807) is 6.20 Å². The van der Waals surface area contributed by atoms with Gasteiger partial charge in [-0.2, -0.15) is 0 Å². The van der Waals surface area contributed by atoms with Gasteiger partial charge in [0.05, 0.1) is 6.54 Å². The zero-order valence-electron chi connectivity index (χ0n) is 15.5. The third-order valence-electron chi connectivity index (χ3n) is 5.27. The monoisotopic (exact) mass is 386 g/mol. The van der Waals surface area contributed by atoms with Crippen molar-refractivity contribution in [2.24, 2.45) is 0 Å². The first kappa shape index (κ1) is 19.8. The van der Waals surface area contributed by atoms with Crippen LogP contribution in [0.15, 0.2) is 54.9 Å². The van der Waals surface area contributed by atoms with Crippen LogP contribution in [0.25, 0.3) is 0 Å². The van der Waals surface area contributed by atoms with Crippen LogP contribution >= 0.6 is 12.4 Å². The lowest BCUT2D eigenvalue weighted by Crippen LogP contribution is -2.50. The van der Waals surface area contributed by atoms with Crippen molar-refractivity contribution in [2.75, 3.05) is 26.2 Å². The predicted octanol–water partition coefficient (Wildman–Crippen LogP) is 2.64. The molecular formula is C21H27ClN4O. The number of nitrogens with one attached hydrogen (secondary N) is 1. The zero-order chi connectivity index (χ0) is 17.8. The van der Waals surface area contributed by atoms with Gasteiger partial charge in [-0.25, -0.2) is 0 Å². The lowest BCUT2D eigenvalue weighted by molar-refractivity contribution is -0.134. The van der Waals surface area contributed by atoms with Gasteiger partial charge in [-0.15, -0.1) is 12.4 Å². The zero-order valence-corrected chi connectivity index (χ0v) is 16.3. The highest BCUT2D eigenvalue weighted by atomic mass is 35.5. The number of carbonyl (C=O) groups excluding carboxylic acids is 1. The maximum atomic E-state index is 13.1. The van der Waals surface area contributed by atoms with Gasteiger partial charge in [0.2, 0.25) is 5.91 Å². The van der Waals surface area contributed by atoms with Crippen molar-refractivity contribution in [2.45, 2.75) is 31.5 Å². The normalized spacial score (nSPS) is 19.9. The Morgan fingerprint density at radius 1 is 1.19 bits per heavy atom. The molecule has 1 N–H and O–H groups in total. The molecule has 1 saturated heterocycles. The van der Waals surface area contributed by atoms with E-state index in [-0.39, 0.29) is 24.4 Å². The highest BCUT2D eigenvalue weighted by Crippen LogP contribution is 2.29. The van der Waals surface area contributed by atoms with Crippen LogP contribution in [0.4, 0.5) is 0 Å². The fourth-order valence-electron chi connectivity index (χ4n) is 3.69. The smallest absolute Gasteiger partial charge is 0.237 e. The Balaban J connectivity index is 0.00000210. The van der Waals surface area contributed by atoms with Crippen molar-refractivity contribution >= 4 is 18.3 Å². The number of aromatic nitrogens is 1. The summed E-state index contributed by atoms with van der Waals surface area (Å²) < 4.78 is 0. The minimum atomic E-state index is 0. The molecule has 4 rings (SSSR count). The average Bonchev–Trinajstić information content (AvgIpc) is 3.53. The molecule has 1 amide bonds. The number of piperazine rings is 1. The maximum absolute atomic E-state index is 13.1. The third-order valence-corrected chi connectivity index (χ3v) is 5.27. The van der Waals surface area contributed by atoms with Crippen LogP contribution in [0.1, 0.15) is 30.0 Å². The number of nitrogens with zero attached hydrogens (tertiary/aromatic N) is 3. The molecule has 144 valence electrons. The Kier molecular flexibility index (Phi) is 6.83.